The van der Waals surface area contributed by atoms with Gasteiger partial charge >= 0.3 is 5.69 Å². The number of hydrogen-bond acceptors (Lipinski definition) is 15. The average Bonchev–Trinajstić information content (AvgIpc) is 2.78. The molecule has 2 rings (SSSR count). The Morgan fingerprint density at radius 1 is 1.17 bits per heavy atom. The topological polar surface area (TPSA) is 279 Å². The van der Waals surface area contributed by atoms with Crippen molar-refractivity contribution in [2.75, 3.05) is 12.3 Å². The molecular formula is C9H13N3O14P3-3. The predicted molar refractivity (Wildman–Crippen MR) is 82.0 cm³/mol. The van der Waals surface area contributed by atoms with E-state index in [2.05, 4.69) is 18.1 Å². The van der Waals surface area contributed by atoms with Gasteiger partial charge in [0.15, 0.2) is 6.23 Å². The number of nitrogen functional groups attached to an aromatic ring is 1. The molecule has 3 unspecified atom stereocenters. The fourth-order valence-electron chi connectivity index (χ4n) is 2.17. The Balaban J connectivity index is 2.05. The van der Waals surface area contributed by atoms with Crippen LogP contribution in [0.15, 0.2) is 17.1 Å². The zero-order valence-electron chi connectivity index (χ0n) is 13.8. The molecule has 0 radical (unpaired) electrons. The van der Waals surface area contributed by atoms with Crippen LogP contribution in [0.4, 0.5) is 5.82 Å². The zero-order chi connectivity index (χ0) is 22.2. The number of nitrogens with zero attached hydrogens (tertiary/aromatic N) is 2. The normalized spacial score (nSPS) is 31.0. The summed E-state index contributed by atoms with van der Waals surface area (Å²) < 4.78 is 49.5. The van der Waals surface area contributed by atoms with E-state index in [0.717, 1.165) is 10.8 Å². The second kappa shape index (κ2) is 8.61. The molecule has 1 fully saturated rings. The summed E-state index contributed by atoms with van der Waals surface area (Å²) in [5.74, 6) is -0.140. The van der Waals surface area contributed by atoms with Crippen LogP contribution in [0.2, 0.25) is 0 Å². The van der Waals surface area contributed by atoms with Crippen molar-refractivity contribution in [1.29, 1.82) is 0 Å². The Morgan fingerprint density at radius 2 is 1.79 bits per heavy atom. The lowest BCUT2D eigenvalue weighted by Gasteiger charge is -2.33. The van der Waals surface area contributed by atoms with E-state index in [1.807, 2.05) is 0 Å². The van der Waals surface area contributed by atoms with E-state index in [1.165, 1.54) is 6.07 Å². The molecule has 2 heterocycles. The maximum absolute atomic E-state index is 11.8. The van der Waals surface area contributed by atoms with Gasteiger partial charge in [-0.3, -0.25) is 18.3 Å². The third kappa shape index (κ3) is 6.73. The number of rotatable bonds is 8. The third-order valence-corrected chi connectivity index (χ3v) is 6.95. The van der Waals surface area contributed by atoms with Crippen LogP contribution in [0.5, 0.6) is 0 Å². The van der Waals surface area contributed by atoms with Crippen molar-refractivity contribution in [2.45, 2.75) is 24.5 Å². The Bertz CT molecular complexity index is 946. The third-order valence-electron chi connectivity index (χ3n) is 3.26. The van der Waals surface area contributed by atoms with Gasteiger partial charge in [0.05, 0.1) is 6.61 Å². The van der Waals surface area contributed by atoms with Gasteiger partial charge in [-0.2, -0.15) is 4.98 Å². The fraction of sp³-hybridized carbons (Fsp3) is 0.556. The fourth-order valence-corrected chi connectivity index (χ4v) is 5.06. The quantitative estimate of drug-likeness (QED) is 0.257. The summed E-state index contributed by atoms with van der Waals surface area (Å²) in [6.07, 6.45) is -5.62. The summed E-state index contributed by atoms with van der Waals surface area (Å²) >= 11 is 0. The molecule has 1 saturated heterocycles. The highest BCUT2D eigenvalue weighted by Crippen LogP contribution is 2.61. The molecule has 7 atom stereocenters. The van der Waals surface area contributed by atoms with Crippen molar-refractivity contribution in [3.63, 3.8) is 0 Å². The molecule has 1 aromatic rings. The summed E-state index contributed by atoms with van der Waals surface area (Å²) in [5, 5.41) is 19.9. The number of aromatic nitrogens is 2. The number of phosphoric ester groups is 1. The maximum atomic E-state index is 11.8. The van der Waals surface area contributed by atoms with Crippen LogP contribution < -0.4 is 26.1 Å². The molecule has 20 heteroatoms. The van der Waals surface area contributed by atoms with Gasteiger partial charge in [0, 0.05) is 6.20 Å². The van der Waals surface area contributed by atoms with Crippen LogP contribution in [0, 0.1) is 0 Å². The van der Waals surface area contributed by atoms with Gasteiger partial charge in [0.2, 0.25) is 0 Å². The van der Waals surface area contributed by atoms with Crippen molar-refractivity contribution in [3.05, 3.63) is 22.7 Å². The minimum atomic E-state index is -6.09. The smallest absolute Gasteiger partial charge is 0.351 e. The number of anilines is 1. The maximum Gasteiger partial charge on any atom is 0.351 e. The van der Waals surface area contributed by atoms with Gasteiger partial charge in [0.25, 0.3) is 23.5 Å². The lowest BCUT2D eigenvalue weighted by atomic mass is 10.1. The molecule has 29 heavy (non-hydrogen) atoms. The molecule has 0 aromatic carbocycles. The highest BCUT2D eigenvalue weighted by atomic mass is 31.3. The zero-order valence-corrected chi connectivity index (χ0v) is 16.5. The van der Waals surface area contributed by atoms with Crippen molar-refractivity contribution in [2.24, 2.45) is 0 Å². The molecule has 0 amide bonds. The van der Waals surface area contributed by atoms with E-state index >= 15 is 0 Å². The number of hydrogen-bond donors (Lipinski definition) is 4. The van der Waals surface area contributed by atoms with Gasteiger partial charge in [0.1, 0.15) is 24.1 Å². The first-order chi connectivity index (χ1) is 13.1. The molecule has 0 bridgehead atoms. The van der Waals surface area contributed by atoms with Gasteiger partial charge in [-0.25, -0.2) is 13.4 Å². The summed E-state index contributed by atoms with van der Waals surface area (Å²) in [6, 6.07) is 1.18. The van der Waals surface area contributed by atoms with E-state index in [4.69, 9.17) is 15.4 Å². The molecule has 0 saturated carbocycles. The minimum Gasteiger partial charge on any atom is -0.756 e. The average molecular weight is 480 g/mol. The Hall–Kier alpha value is -1.03. The monoisotopic (exact) mass is 480 g/mol. The molecule has 1 aromatic heterocycles. The highest BCUT2D eigenvalue weighted by molar-refractivity contribution is 7.65. The molecule has 5 N–H and O–H groups in total. The Morgan fingerprint density at radius 3 is 2.34 bits per heavy atom. The van der Waals surface area contributed by atoms with Gasteiger partial charge < -0.3 is 44.8 Å². The van der Waals surface area contributed by atoms with Crippen molar-refractivity contribution in [1.82, 2.24) is 9.55 Å². The van der Waals surface area contributed by atoms with Crippen molar-refractivity contribution < 1.29 is 61.4 Å². The van der Waals surface area contributed by atoms with Crippen LogP contribution in [0.25, 0.3) is 0 Å². The lowest BCUT2D eigenvalue weighted by Crippen LogP contribution is -2.36. The standard InChI is InChI=1S/C9H16N3O14P3/c10-5-1-2-12(9(15)11-5)8-7(14)6(13)4(24-8)3-23-28(19,20)26-29(21,22)25-27(16,17)18/h1-2,4,6-8,13-14H,3H2,(H,19,20)(H,21,22)(H2,10,11,15)(H2,16,17,18)/p-3/t4-,6-,7-,8-/m1/s1. The largest absolute Gasteiger partial charge is 0.756 e. The SMILES string of the molecule is Nc1ccn([C@@H]2O[C@H](COP(=O)([O-])OP(=O)([O-])OP(=O)([O-])O)[C@@H](O)[C@H]2O)c(=O)n1. The summed E-state index contributed by atoms with van der Waals surface area (Å²) in [6.45, 7) is -1.12. The first kappa shape index (κ1) is 24.2. The number of nitrogens with two attached hydrogens (primary N) is 1. The summed E-state index contributed by atoms with van der Waals surface area (Å²) in [5.41, 5.74) is 4.35. The molecule has 166 valence electrons. The van der Waals surface area contributed by atoms with Crippen LogP contribution in [-0.2, 0) is 31.6 Å². The van der Waals surface area contributed by atoms with E-state index in [1.54, 1.807) is 0 Å². The number of aliphatic hydroxyl groups excluding tert-OH is 2. The summed E-state index contributed by atoms with van der Waals surface area (Å²) in [4.78, 5) is 56.4. The molecule has 1 aliphatic rings. The van der Waals surface area contributed by atoms with Crippen molar-refractivity contribution in [3.8, 4) is 0 Å². The molecule has 0 aliphatic carbocycles. The second-order valence-electron chi connectivity index (χ2n) is 5.41. The Kier molecular flexibility index (Phi) is 7.20. The van der Waals surface area contributed by atoms with E-state index in [-0.39, 0.29) is 5.82 Å². The second-order valence-corrected chi connectivity index (χ2v) is 9.70. The number of aliphatic hydroxyl groups is 2. The van der Waals surface area contributed by atoms with E-state index < -0.39 is 60.3 Å². The van der Waals surface area contributed by atoms with Crippen LogP contribution in [-0.4, -0.2) is 49.6 Å². The Labute approximate surface area is 160 Å². The first-order valence-corrected chi connectivity index (χ1v) is 11.6. The first-order valence-electron chi connectivity index (χ1n) is 7.20. The van der Waals surface area contributed by atoms with Crippen LogP contribution >= 0.6 is 23.5 Å². The molecular weight excluding hydrogens is 467 g/mol. The van der Waals surface area contributed by atoms with Gasteiger partial charge in [-0.1, -0.05) is 0 Å². The highest BCUT2D eigenvalue weighted by Gasteiger charge is 2.44. The summed E-state index contributed by atoms with van der Waals surface area (Å²) in [7, 11) is -17.8. The molecule has 0 spiro atoms. The van der Waals surface area contributed by atoms with E-state index in [0.29, 0.717) is 0 Å². The minimum absolute atomic E-state index is 0.140. The molecule has 1 aliphatic heterocycles. The predicted octanol–water partition coefficient (Wildman–Crippen LogP) is -4.11. The van der Waals surface area contributed by atoms with E-state index in [9.17, 15) is 43.4 Å². The lowest BCUT2D eigenvalue weighted by molar-refractivity contribution is -0.250. The van der Waals surface area contributed by atoms with Gasteiger partial charge in [-0.15, -0.1) is 0 Å². The van der Waals surface area contributed by atoms with Crippen molar-refractivity contribution >= 4 is 29.3 Å². The molecule has 17 nitrogen and oxygen atoms in total. The van der Waals surface area contributed by atoms with Crippen LogP contribution in [0.1, 0.15) is 6.23 Å². The number of ether oxygens (including phenoxy) is 1. The number of phosphoric acid groups is 3. The van der Waals surface area contributed by atoms with Gasteiger partial charge in [-0.05, 0) is 6.07 Å². The van der Waals surface area contributed by atoms with Crippen LogP contribution in [0.3, 0.4) is 0 Å².